The Morgan fingerprint density at radius 3 is 2.43 bits per heavy atom. The molecule has 0 spiro atoms. The molecule has 0 aromatic rings. The van der Waals surface area contributed by atoms with Crippen molar-refractivity contribution in [1.29, 1.82) is 0 Å². The van der Waals surface area contributed by atoms with Gasteiger partial charge in [0.15, 0.2) is 0 Å². The van der Waals surface area contributed by atoms with Crippen molar-refractivity contribution in [2.24, 2.45) is 23.7 Å². The smallest absolute Gasteiger partial charge is 0.139 e. The first-order chi connectivity index (χ1) is 6.74. The molecule has 0 heterocycles. The molecule has 0 amide bonds. The fourth-order valence-electron chi connectivity index (χ4n) is 3.06. The van der Waals surface area contributed by atoms with E-state index < -0.39 is 0 Å². The molecular weight excluding hydrogens is 172 g/mol. The Balaban J connectivity index is 1.96. The van der Waals surface area contributed by atoms with Crippen LogP contribution in [0.4, 0.5) is 0 Å². The third-order valence-corrected chi connectivity index (χ3v) is 4.27. The second-order valence-electron chi connectivity index (χ2n) is 5.28. The van der Waals surface area contributed by atoms with Crippen molar-refractivity contribution in [3.8, 4) is 0 Å². The summed E-state index contributed by atoms with van der Waals surface area (Å²) in [7, 11) is 0. The molecule has 2 aliphatic carbocycles. The minimum Gasteiger partial charge on any atom is -0.299 e. The van der Waals surface area contributed by atoms with Gasteiger partial charge in [-0.2, -0.15) is 0 Å². The highest BCUT2D eigenvalue weighted by atomic mass is 16.1. The summed E-state index contributed by atoms with van der Waals surface area (Å²) in [5, 5.41) is 0. The molecule has 1 heteroatoms. The molecule has 1 nitrogen and oxygen atoms in total. The Bertz CT molecular complexity index is 221. The van der Waals surface area contributed by atoms with Crippen LogP contribution in [0.3, 0.4) is 0 Å². The van der Waals surface area contributed by atoms with Crippen LogP contribution in [-0.4, -0.2) is 5.78 Å². The van der Waals surface area contributed by atoms with Crippen LogP contribution in [0.25, 0.3) is 0 Å². The number of Topliss-reactive ketones (excluding diaryl/α,β-unsaturated/α-hetero) is 1. The summed E-state index contributed by atoms with van der Waals surface area (Å²) in [4.78, 5) is 12.1. The normalized spacial score (nSPS) is 42.1. The van der Waals surface area contributed by atoms with Crippen molar-refractivity contribution in [1.82, 2.24) is 0 Å². The van der Waals surface area contributed by atoms with Crippen LogP contribution in [0.2, 0.25) is 0 Å². The van der Waals surface area contributed by atoms with Crippen molar-refractivity contribution < 1.29 is 4.79 Å². The van der Waals surface area contributed by atoms with Crippen LogP contribution in [-0.2, 0) is 4.79 Å². The summed E-state index contributed by atoms with van der Waals surface area (Å²) >= 11 is 0. The zero-order chi connectivity index (χ0) is 10.1. The van der Waals surface area contributed by atoms with Gasteiger partial charge in [0, 0.05) is 11.8 Å². The first kappa shape index (κ1) is 10.2. The highest BCUT2D eigenvalue weighted by Gasteiger charge is 2.43. The quantitative estimate of drug-likeness (QED) is 0.672. The van der Waals surface area contributed by atoms with Gasteiger partial charge in [0.2, 0.25) is 0 Å². The predicted molar refractivity (Wildman–Crippen MR) is 58.0 cm³/mol. The molecule has 2 aliphatic rings. The van der Waals surface area contributed by atoms with Gasteiger partial charge in [-0.3, -0.25) is 4.79 Å². The van der Waals surface area contributed by atoms with Crippen molar-refractivity contribution in [3.63, 3.8) is 0 Å². The van der Waals surface area contributed by atoms with E-state index in [1.165, 1.54) is 38.5 Å². The topological polar surface area (TPSA) is 17.1 Å². The van der Waals surface area contributed by atoms with E-state index >= 15 is 0 Å². The number of carbonyl (C=O) groups excluding carboxylic acids is 1. The first-order valence-corrected chi connectivity index (χ1v) is 6.27. The van der Waals surface area contributed by atoms with Crippen molar-refractivity contribution in [2.75, 3.05) is 0 Å². The molecule has 80 valence electrons. The Morgan fingerprint density at radius 1 is 1.21 bits per heavy atom. The number of rotatable bonds is 3. The predicted octanol–water partition coefficient (Wildman–Crippen LogP) is 3.43. The average Bonchev–Trinajstić information content (AvgIpc) is 2.94. The Hall–Kier alpha value is -0.330. The Labute approximate surface area is 87.3 Å². The van der Waals surface area contributed by atoms with E-state index in [1.807, 2.05) is 0 Å². The fourth-order valence-corrected chi connectivity index (χ4v) is 3.06. The van der Waals surface area contributed by atoms with Crippen LogP contribution in [0.1, 0.15) is 52.4 Å². The van der Waals surface area contributed by atoms with Crippen LogP contribution >= 0.6 is 0 Å². The van der Waals surface area contributed by atoms with Crippen molar-refractivity contribution in [3.05, 3.63) is 0 Å². The van der Waals surface area contributed by atoms with Crippen molar-refractivity contribution >= 4 is 5.78 Å². The zero-order valence-electron chi connectivity index (χ0n) is 9.46. The molecule has 0 aliphatic heterocycles. The number of ketones is 1. The van der Waals surface area contributed by atoms with Gasteiger partial charge in [-0.05, 0) is 31.1 Å². The summed E-state index contributed by atoms with van der Waals surface area (Å²) in [6.45, 7) is 4.46. The molecule has 14 heavy (non-hydrogen) atoms. The van der Waals surface area contributed by atoms with Gasteiger partial charge in [0.25, 0.3) is 0 Å². The molecule has 0 bridgehead atoms. The summed E-state index contributed by atoms with van der Waals surface area (Å²) in [5.74, 6) is 2.91. The lowest BCUT2D eigenvalue weighted by Crippen LogP contribution is -2.28. The third-order valence-electron chi connectivity index (χ3n) is 4.27. The van der Waals surface area contributed by atoms with E-state index in [1.54, 1.807) is 0 Å². The highest BCUT2D eigenvalue weighted by Crippen LogP contribution is 2.44. The molecular formula is C13H22O. The fraction of sp³-hybridized carbons (Fsp3) is 0.923. The standard InChI is InChI=1S/C13H22O/c1-3-10-6-4-5-7-11(10)13(14)12-8-9(12)2/h9-12H,3-8H2,1-2H3. The van der Waals surface area contributed by atoms with Gasteiger partial charge in [-0.1, -0.05) is 33.1 Å². The molecule has 2 fully saturated rings. The van der Waals surface area contributed by atoms with Gasteiger partial charge in [-0.25, -0.2) is 0 Å². The van der Waals surface area contributed by atoms with Gasteiger partial charge >= 0.3 is 0 Å². The number of hydrogen-bond donors (Lipinski definition) is 0. The Morgan fingerprint density at radius 2 is 1.86 bits per heavy atom. The maximum atomic E-state index is 12.1. The molecule has 2 saturated carbocycles. The van der Waals surface area contributed by atoms with Gasteiger partial charge in [0.1, 0.15) is 5.78 Å². The maximum absolute atomic E-state index is 12.1. The summed E-state index contributed by atoms with van der Waals surface area (Å²) in [6, 6.07) is 0. The number of hydrogen-bond acceptors (Lipinski definition) is 1. The van der Waals surface area contributed by atoms with Crippen LogP contribution in [0.5, 0.6) is 0 Å². The van der Waals surface area contributed by atoms with Crippen molar-refractivity contribution in [2.45, 2.75) is 52.4 Å². The number of carbonyl (C=O) groups is 1. The lowest BCUT2D eigenvalue weighted by molar-refractivity contribution is -0.127. The van der Waals surface area contributed by atoms with Gasteiger partial charge in [-0.15, -0.1) is 0 Å². The first-order valence-electron chi connectivity index (χ1n) is 6.27. The minimum absolute atomic E-state index is 0.434. The van der Waals surface area contributed by atoms with E-state index in [2.05, 4.69) is 13.8 Å². The van der Waals surface area contributed by atoms with E-state index in [9.17, 15) is 4.79 Å². The van der Waals surface area contributed by atoms with Crippen LogP contribution < -0.4 is 0 Å². The SMILES string of the molecule is CCC1CCCCC1C(=O)C1CC1C. The maximum Gasteiger partial charge on any atom is 0.139 e. The van der Waals surface area contributed by atoms with E-state index in [0.29, 0.717) is 29.5 Å². The van der Waals surface area contributed by atoms with E-state index in [0.717, 1.165) is 0 Å². The molecule has 2 rings (SSSR count). The molecule has 4 atom stereocenters. The monoisotopic (exact) mass is 194 g/mol. The second kappa shape index (κ2) is 4.04. The van der Waals surface area contributed by atoms with Gasteiger partial charge in [0.05, 0.1) is 0 Å². The lowest BCUT2D eigenvalue weighted by Gasteiger charge is -2.29. The molecule has 0 radical (unpaired) electrons. The van der Waals surface area contributed by atoms with Crippen LogP contribution in [0, 0.1) is 23.7 Å². The van der Waals surface area contributed by atoms with E-state index in [4.69, 9.17) is 0 Å². The highest BCUT2D eigenvalue weighted by molar-refractivity contribution is 5.86. The molecule has 0 aromatic heterocycles. The summed E-state index contributed by atoms with van der Waals surface area (Å²) in [5.41, 5.74) is 0. The minimum atomic E-state index is 0.434. The van der Waals surface area contributed by atoms with E-state index in [-0.39, 0.29) is 0 Å². The largest absolute Gasteiger partial charge is 0.299 e. The molecule has 0 N–H and O–H groups in total. The second-order valence-corrected chi connectivity index (χ2v) is 5.28. The summed E-state index contributed by atoms with van der Waals surface area (Å²) in [6.07, 6.45) is 7.49. The zero-order valence-corrected chi connectivity index (χ0v) is 9.46. The van der Waals surface area contributed by atoms with Gasteiger partial charge < -0.3 is 0 Å². The lowest BCUT2D eigenvalue weighted by atomic mass is 9.74. The third kappa shape index (κ3) is 1.87. The molecule has 4 unspecified atom stereocenters. The molecule has 0 saturated heterocycles. The molecule has 0 aromatic carbocycles. The Kier molecular flexibility index (Phi) is 2.94. The average molecular weight is 194 g/mol. The summed E-state index contributed by atoms with van der Waals surface area (Å²) < 4.78 is 0. The van der Waals surface area contributed by atoms with Crippen LogP contribution in [0.15, 0.2) is 0 Å².